The van der Waals surface area contributed by atoms with Crippen molar-refractivity contribution < 1.29 is 33.3 Å². The summed E-state index contributed by atoms with van der Waals surface area (Å²) in [5, 5.41) is 0. The monoisotopic (exact) mass is 384 g/mol. The number of carbonyl (C=O) groups excluding carboxylic acids is 3. The molecule has 2 aromatic carbocycles. The number of aryl methyl sites for hydroxylation is 2. The summed E-state index contributed by atoms with van der Waals surface area (Å²) in [6.07, 6.45) is 3.20. The Hall–Kier alpha value is -3.35. The van der Waals surface area contributed by atoms with Crippen LogP contribution in [0.1, 0.15) is 38.3 Å². The Morgan fingerprint density at radius 2 is 1.46 bits per heavy atom. The lowest BCUT2D eigenvalue weighted by molar-refractivity contribution is -0.136. The third kappa shape index (κ3) is 4.49. The van der Waals surface area contributed by atoms with Gasteiger partial charge in [-0.2, -0.15) is 0 Å². The van der Waals surface area contributed by atoms with Crippen LogP contribution >= 0.6 is 0 Å². The molecule has 1 aliphatic rings. The lowest BCUT2D eigenvalue weighted by Crippen LogP contribution is -2.18. The number of carbonyl (C=O) groups is 3. The number of rotatable bonds is 6. The number of ether oxygens (including phenoxy) is 4. The summed E-state index contributed by atoms with van der Waals surface area (Å²) in [5.41, 5.74) is 2.67. The molecule has 3 rings (SSSR count). The molecule has 0 N–H and O–H groups in total. The lowest BCUT2D eigenvalue weighted by atomic mass is 10.1. The van der Waals surface area contributed by atoms with E-state index in [-0.39, 0.29) is 23.5 Å². The highest BCUT2D eigenvalue weighted by Gasteiger charge is 2.17. The molecule has 0 spiro atoms. The van der Waals surface area contributed by atoms with E-state index in [9.17, 15) is 14.4 Å². The molecule has 0 fully saturated rings. The van der Waals surface area contributed by atoms with E-state index >= 15 is 0 Å². The van der Waals surface area contributed by atoms with Crippen molar-refractivity contribution in [1.29, 1.82) is 0 Å². The first-order valence-corrected chi connectivity index (χ1v) is 8.77. The van der Waals surface area contributed by atoms with Crippen LogP contribution in [-0.4, -0.2) is 38.7 Å². The maximum Gasteiger partial charge on any atom is 0.349 e. The Balaban J connectivity index is 1.68. The summed E-state index contributed by atoms with van der Waals surface area (Å²) in [5.74, 6) is -1.39. The van der Waals surface area contributed by atoms with E-state index in [0.29, 0.717) is 5.75 Å². The number of methoxy groups -OCH3 is 2. The minimum Gasteiger partial charge on any atom is -0.482 e. The van der Waals surface area contributed by atoms with Crippen LogP contribution in [0.3, 0.4) is 0 Å². The minimum atomic E-state index is -0.669. The zero-order chi connectivity index (χ0) is 20.1. The highest BCUT2D eigenvalue weighted by molar-refractivity contribution is 5.96. The second-order valence-electron chi connectivity index (χ2n) is 6.28. The van der Waals surface area contributed by atoms with Crippen molar-refractivity contribution >= 4 is 17.9 Å². The molecule has 7 heteroatoms. The van der Waals surface area contributed by atoms with Crippen LogP contribution in [0, 0.1) is 0 Å². The standard InChI is InChI=1S/C21H20O7/c1-25-20(23)15-8-16(21(24)26-2)11-18(10-15)28-19(22)12-27-17-7-6-13-4-3-5-14(13)9-17/h6-11H,3-5,12H2,1-2H3. The molecule has 0 heterocycles. The molecule has 0 amide bonds. The number of benzene rings is 2. The fourth-order valence-electron chi connectivity index (χ4n) is 3.07. The molecule has 0 aliphatic heterocycles. The molecular weight excluding hydrogens is 364 g/mol. The van der Waals surface area contributed by atoms with Gasteiger partial charge in [0.15, 0.2) is 6.61 Å². The third-order valence-electron chi connectivity index (χ3n) is 4.41. The highest BCUT2D eigenvalue weighted by atomic mass is 16.6. The molecule has 146 valence electrons. The minimum absolute atomic E-state index is 0.0193. The van der Waals surface area contributed by atoms with Gasteiger partial charge in [-0.3, -0.25) is 0 Å². The summed E-state index contributed by atoms with van der Waals surface area (Å²) in [7, 11) is 2.42. The predicted molar refractivity (Wildman–Crippen MR) is 98.7 cm³/mol. The van der Waals surface area contributed by atoms with E-state index < -0.39 is 17.9 Å². The maximum absolute atomic E-state index is 12.1. The molecule has 1 aliphatic carbocycles. The largest absolute Gasteiger partial charge is 0.482 e. The molecule has 0 bridgehead atoms. The van der Waals surface area contributed by atoms with Crippen molar-refractivity contribution in [3.8, 4) is 11.5 Å². The van der Waals surface area contributed by atoms with Gasteiger partial charge < -0.3 is 18.9 Å². The first kappa shape index (κ1) is 19.4. The van der Waals surface area contributed by atoms with Crippen LogP contribution in [0.25, 0.3) is 0 Å². The van der Waals surface area contributed by atoms with E-state index in [0.717, 1.165) is 19.3 Å². The van der Waals surface area contributed by atoms with E-state index in [2.05, 4.69) is 9.47 Å². The van der Waals surface area contributed by atoms with Crippen LogP contribution < -0.4 is 9.47 Å². The predicted octanol–water partition coefficient (Wildman–Crippen LogP) is 2.73. The average Bonchev–Trinajstić information content (AvgIpc) is 3.18. The first-order chi connectivity index (χ1) is 13.5. The van der Waals surface area contributed by atoms with Crippen molar-refractivity contribution in [2.45, 2.75) is 19.3 Å². The van der Waals surface area contributed by atoms with Gasteiger partial charge in [-0.25, -0.2) is 14.4 Å². The molecule has 0 aromatic heterocycles. The van der Waals surface area contributed by atoms with E-state index in [4.69, 9.17) is 9.47 Å². The summed E-state index contributed by atoms with van der Waals surface area (Å²) in [6, 6.07) is 9.69. The fraction of sp³-hybridized carbons (Fsp3) is 0.286. The number of esters is 3. The first-order valence-electron chi connectivity index (χ1n) is 8.77. The van der Waals surface area contributed by atoms with Gasteiger partial charge in [0, 0.05) is 0 Å². The van der Waals surface area contributed by atoms with Gasteiger partial charge in [0.05, 0.1) is 25.3 Å². The molecule has 0 saturated carbocycles. The normalized spacial score (nSPS) is 12.1. The van der Waals surface area contributed by atoms with E-state index in [1.807, 2.05) is 18.2 Å². The second kappa shape index (κ2) is 8.56. The summed E-state index contributed by atoms with van der Waals surface area (Å²) in [6.45, 7) is -0.311. The lowest BCUT2D eigenvalue weighted by Gasteiger charge is -2.10. The zero-order valence-corrected chi connectivity index (χ0v) is 15.7. The Bertz CT molecular complexity index is 883. The quantitative estimate of drug-likeness (QED) is 0.559. The van der Waals surface area contributed by atoms with Crippen molar-refractivity contribution in [2.75, 3.05) is 20.8 Å². The smallest absolute Gasteiger partial charge is 0.349 e. The van der Waals surface area contributed by atoms with Crippen molar-refractivity contribution in [3.63, 3.8) is 0 Å². The Labute approximate surface area is 162 Å². The molecule has 7 nitrogen and oxygen atoms in total. The van der Waals surface area contributed by atoms with Crippen LogP contribution in [0.4, 0.5) is 0 Å². The van der Waals surface area contributed by atoms with Crippen molar-refractivity contribution in [2.24, 2.45) is 0 Å². The summed E-state index contributed by atoms with van der Waals surface area (Å²) >= 11 is 0. The van der Waals surface area contributed by atoms with E-state index in [1.54, 1.807) is 0 Å². The molecule has 2 aromatic rings. The van der Waals surface area contributed by atoms with Gasteiger partial charge in [0.2, 0.25) is 0 Å². The molecule has 0 saturated heterocycles. The van der Waals surface area contributed by atoms with E-state index in [1.165, 1.54) is 43.5 Å². The van der Waals surface area contributed by atoms with Crippen molar-refractivity contribution in [1.82, 2.24) is 0 Å². The van der Waals surface area contributed by atoms with Gasteiger partial charge in [-0.15, -0.1) is 0 Å². The number of hydrogen-bond acceptors (Lipinski definition) is 7. The van der Waals surface area contributed by atoms with Crippen LogP contribution in [0.2, 0.25) is 0 Å². The maximum atomic E-state index is 12.1. The fourth-order valence-corrected chi connectivity index (χ4v) is 3.07. The number of hydrogen-bond donors (Lipinski definition) is 0. The van der Waals surface area contributed by atoms with Crippen molar-refractivity contribution in [3.05, 3.63) is 58.7 Å². The molecule has 0 unspecified atom stereocenters. The van der Waals surface area contributed by atoms with Crippen LogP contribution in [0.5, 0.6) is 11.5 Å². The Morgan fingerprint density at radius 3 is 2.11 bits per heavy atom. The zero-order valence-electron chi connectivity index (χ0n) is 15.7. The number of fused-ring (bicyclic) bond motifs is 1. The SMILES string of the molecule is COC(=O)c1cc(OC(=O)COc2ccc3c(c2)CCC3)cc(C(=O)OC)c1. The third-order valence-corrected chi connectivity index (χ3v) is 4.41. The van der Waals surface area contributed by atoms with Gasteiger partial charge in [-0.05, 0) is 60.7 Å². The van der Waals surface area contributed by atoms with Crippen LogP contribution in [0.15, 0.2) is 36.4 Å². The molecule has 0 atom stereocenters. The van der Waals surface area contributed by atoms with Gasteiger partial charge in [0.25, 0.3) is 0 Å². The summed E-state index contributed by atoms with van der Waals surface area (Å²) in [4.78, 5) is 35.7. The topological polar surface area (TPSA) is 88.1 Å². The molecular formula is C21H20O7. The van der Waals surface area contributed by atoms with Gasteiger partial charge in [-0.1, -0.05) is 6.07 Å². The second-order valence-corrected chi connectivity index (χ2v) is 6.28. The van der Waals surface area contributed by atoms with Gasteiger partial charge in [0.1, 0.15) is 11.5 Å². The van der Waals surface area contributed by atoms with Crippen LogP contribution in [-0.2, 0) is 27.1 Å². The Morgan fingerprint density at radius 1 is 0.821 bits per heavy atom. The van der Waals surface area contributed by atoms with Gasteiger partial charge >= 0.3 is 17.9 Å². The molecule has 28 heavy (non-hydrogen) atoms. The average molecular weight is 384 g/mol. The Kier molecular flexibility index (Phi) is 5.93. The summed E-state index contributed by atoms with van der Waals surface area (Å²) < 4.78 is 20.0. The molecule has 0 radical (unpaired) electrons. The highest BCUT2D eigenvalue weighted by Crippen LogP contribution is 2.26.